The van der Waals surface area contributed by atoms with Gasteiger partial charge in [0, 0.05) is 11.8 Å². The van der Waals surface area contributed by atoms with E-state index in [1.165, 1.54) is 0 Å². The Hall–Kier alpha value is -1.88. The van der Waals surface area contributed by atoms with Gasteiger partial charge in [0.2, 0.25) is 0 Å². The summed E-state index contributed by atoms with van der Waals surface area (Å²) in [6.07, 6.45) is 5.01. The Bertz CT molecular complexity index is 496. The van der Waals surface area contributed by atoms with Crippen LogP contribution in [0, 0.1) is 11.3 Å². The van der Waals surface area contributed by atoms with Gasteiger partial charge in [0.15, 0.2) is 5.78 Å². The molecule has 0 fully saturated rings. The number of rotatable bonds is 1. The van der Waals surface area contributed by atoms with Gasteiger partial charge in [-0.25, -0.2) is 0 Å². The maximum atomic E-state index is 11.2. The van der Waals surface area contributed by atoms with Crippen LogP contribution in [0.1, 0.15) is 30.9 Å². The molecule has 1 aliphatic rings. The van der Waals surface area contributed by atoms with Crippen molar-refractivity contribution in [2.45, 2.75) is 25.2 Å². The first-order chi connectivity index (χ1) is 7.64. The zero-order valence-corrected chi connectivity index (χ0v) is 9.23. The lowest BCUT2D eigenvalue weighted by atomic mass is 9.75. The molecule has 0 amide bonds. The molecule has 2 nitrogen and oxygen atoms in total. The molecule has 0 saturated heterocycles. The van der Waals surface area contributed by atoms with Crippen molar-refractivity contribution in [1.29, 1.82) is 5.26 Å². The molecule has 80 valence electrons. The third-order valence-corrected chi connectivity index (χ3v) is 3.18. The molecular formula is C14H13NO. The smallest absolute Gasteiger partial charge is 0.155 e. The van der Waals surface area contributed by atoms with Crippen molar-refractivity contribution in [1.82, 2.24) is 0 Å². The lowest BCUT2D eigenvalue weighted by Crippen LogP contribution is -2.24. The molecule has 1 aromatic rings. The Morgan fingerprint density at radius 2 is 2.25 bits per heavy atom. The predicted octanol–water partition coefficient (Wildman–Crippen LogP) is 2.74. The maximum absolute atomic E-state index is 11.2. The number of carbonyl (C=O) groups excluding carboxylic acids is 1. The first-order valence-corrected chi connectivity index (χ1v) is 5.37. The van der Waals surface area contributed by atoms with E-state index < -0.39 is 0 Å². The molecule has 1 aromatic carbocycles. The second kappa shape index (κ2) is 3.94. The number of benzene rings is 1. The van der Waals surface area contributed by atoms with Crippen LogP contribution in [0.25, 0.3) is 0 Å². The van der Waals surface area contributed by atoms with E-state index in [0.717, 1.165) is 12.0 Å². The first-order valence-electron chi connectivity index (χ1n) is 5.37. The summed E-state index contributed by atoms with van der Waals surface area (Å²) in [5.41, 5.74) is 1.67. The SMILES string of the molecule is C[C@]1(c2cccc(C#N)c2)C=CC(=O)CC1. The highest BCUT2D eigenvalue weighted by Gasteiger charge is 2.27. The Morgan fingerprint density at radius 3 is 2.88 bits per heavy atom. The lowest BCUT2D eigenvalue weighted by Gasteiger charge is -2.29. The van der Waals surface area contributed by atoms with E-state index >= 15 is 0 Å². The molecule has 0 N–H and O–H groups in total. The van der Waals surface area contributed by atoms with Crippen molar-refractivity contribution < 1.29 is 4.79 Å². The summed E-state index contributed by atoms with van der Waals surface area (Å²) in [5, 5.41) is 8.86. The molecular weight excluding hydrogens is 198 g/mol. The van der Waals surface area contributed by atoms with Crippen molar-refractivity contribution in [3.05, 3.63) is 47.5 Å². The standard InChI is InChI=1S/C14H13NO/c1-14(7-5-13(16)6-8-14)12-4-2-3-11(9-12)10-15/h2-5,7,9H,6,8H2,1H3/t14-/m0/s1. The summed E-state index contributed by atoms with van der Waals surface area (Å²) in [5.74, 6) is 0.189. The Balaban J connectivity index is 2.40. The molecule has 2 rings (SSSR count). The second-order valence-electron chi connectivity index (χ2n) is 4.41. The summed E-state index contributed by atoms with van der Waals surface area (Å²) in [4.78, 5) is 11.2. The van der Waals surface area contributed by atoms with Gasteiger partial charge in [-0.3, -0.25) is 4.79 Å². The van der Waals surface area contributed by atoms with Gasteiger partial charge in [-0.1, -0.05) is 25.1 Å². The van der Waals surface area contributed by atoms with Crippen LogP contribution in [-0.4, -0.2) is 5.78 Å². The van der Waals surface area contributed by atoms with Gasteiger partial charge < -0.3 is 0 Å². The molecule has 0 unspecified atom stereocenters. The van der Waals surface area contributed by atoms with Crippen LogP contribution in [0.3, 0.4) is 0 Å². The average Bonchev–Trinajstić information content (AvgIpc) is 2.33. The maximum Gasteiger partial charge on any atom is 0.155 e. The molecule has 1 atom stereocenters. The minimum Gasteiger partial charge on any atom is -0.295 e. The number of hydrogen-bond donors (Lipinski definition) is 0. The highest BCUT2D eigenvalue weighted by Crippen LogP contribution is 2.33. The fourth-order valence-electron chi connectivity index (χ4n) is 2.01. The van der Waals surface area contributed by atoms with Crippen LogP contribution in [0.2, 0.25) is 0 Å². The summed E-state index contributed by atoms with van der Waals surface area (Å²) in [6, 6.07) is 9.75. The van der Waals surface area contributed by atoms with E-state index in [1.807, 2.05) is 24.3 Å². The van der Waals surface area contributed by atoms with E-state index in [4.69, 9.17) is 5.26 Å². The largest absolute Gasteiger partial charge is 0.295 e. The quantitative estimate of drug-likeness (QED) is 0.716. The van der Waals surface area contributed by atoms with E-state index in [0.29, 0.717) is 12.0 Å². The predicted molar refractivity (Wildman–Crippen MR) is 61.9 cm³/mol. The summed E-state index contributed by atoms with van der Waals surface area (Å²) in [7, 11) is 0. The average molecular weight is 211 g/mol. The Kier molecular flexibility index (Phi) is 2.62. The Morgan fingerprint density at radius 1 is 1.44 bits per heavy atom. The highest BCUT2D eigenvalue weighted by atomic mass is 16.1. The molecule has 0 aromatic heterocycles. The number of nitriles is 1. The normalized spacial score (nSPS) is 24.1. The fraction of sp³-hybridized carbons (Fsp3) is 0.286. The van der Waals surface area contributed by atoms with Crippen molar-refractivity contribution >= 4 is 5.78 Å². The second-order valence-corrected chi connectivity index (χ2v) is 4.41. The summed E-state index contributed by atoms with van der Waals surface area (Å²) >= 11 is 0. The van der Waals surface area contributed by atoms with Gasteiger partial charge in [0.1, 0.15) is 0 Å². The third kappa shape index (κ3) is 1.90. The zero-order valence-electron chi connectivity index (χ0n) is 9.23. The highest BCUT2D eigenvalue weighted by molar-refractivity contribution is 5.91. The first kappa shape index (κ1) is 10.6. The number of allylic oxidation sites excluding steroid dienone is 2. The van der Waals surface area contributed by atoms with E-state index in [1.54, 1.807) is 12.1 Å². The van der Waals surface area contributed by atoms with Crippen LogP contribution in [0.4, 0.5) is 0 Å². The van der Waals surface area contributed by atoms with Gasteiger partial charge in [0.05, 0.1) is 11.6 Å². The van der Waals surface area contributed by atoms with Crippen LogP contribution >= 0.6 is 0 Å². The fourth-order valence-corrected chi connectivity index (χ4v) is 2.01. The van der Waals surface area contributed by atoms with Gasteiger partial charge >= 0.3 is 0 Å². The molecule has 0 spiro atoms. The third-order valence-electron chi connectivity index (χ3n) is 3.18. The van der Waals surface area contributed by atoms with E-state index in [-0.39, 0.29) is 11.2 Å². The molecule has 2 heteroatoms. The topological polar surface area (TPSA) is 40.9 Å². The van der Waals surface area contributed by atoms with E-state index in [2.05, 4.69) is 13.0 Å². The number of hydrogen-bond acceptors (Lipinski definition) is 2. The van der Waals surface area contributed by atoms with Gasteiger partial charge in [0.25, 0.3) is 0 Å². The minimum absolute atomic E-state index is 0.110. The van der Waals surface area contributed by atoms with Crippen molar-refractivity contribution in [3.63, 3.8) is 0 Å². The van der Waals surface area contributed by atoms with Crippen LogP contribution in [0.5, 0.6) is 0 Å². The number of carbonyl (C=O) groups is 1. The molecule has 0 saturated carbocycles. The van der Waals surface area contributed by atoms with Gasteiger partial charge in [-0.15, -0.1) is 0 Å². The Labute approximate surface area is 95.2 Å². The molecule has 0 radical (unpaired) electrons. The monoisotopic (exact) mass is 211 g/mol. The van der Waals surface area contributed by atoms with Crippen molar-refractivity contribution in [2.75, 3.05) is 0 Å². The van der Waals surface area contributed by atoms with Gasteiger partial charge in [-0.05, 0) is 30.2 Å². The van der Waals surface area contributed by atoms with Gasteiger partial charge in [-0.2, -0.15) is 5.26 Å². The van der Waals surface area contributed by atoms with Crippen LogP contribution in [-0.2, 0) is 10.2 Å². The molecule has 0 heterocycles. The number of ketones is 1. The van der Waals surface area contributed by atoms with Crippen LogP contribution < -0.4 is 0 Å². The summed E-state index contributed by atoms with van der Waals surface area (Å²) < 4.78 is 0. The molecule has 16 heavy (non-hydrogen) atoms. The van der Waals surface area contributed by atoms with Crippen LogP contribution in [0.15, 0.2) is 36.4 Å². The summed E-state index contributed by atoms with van der Waals surface area (Å²) in [6.45, 7) is 2.10. The zero-order chi connectivity index (χ0) is 11.6. The molecule has 0 bridgehead atoms. The minimum atomic E-state index is -0.110. The number of nitrogens with zero attached hydrogens (tertiary/aromatic N) is 1. The van der Waals surface area contributed by atoms with E-state index in [9.17, 15) is 4.79 Å². The van der Waals surface area contributed by atoms with Crippen molar-refractivity contribution in [2.24, 2.45) is 0 Å². The molecule has 1 aliphatic carbocycles. The molecule has 0 aliphatic heterocycles. The van der Waals surface area contributed by atoms with Crippen molar-refractivity contribution in [3.8, 4) is 6.07 Å². The lowest BCUT2D eigenvalue weighted by molar-refractivity contribution is -0.115.